The fourth-order valence-corrected chi connectivity index (χ4v) is 2.40. The molecule has 0 aliphatic carbocycles. The molecule has 5 heteroatoms. The van der Waals surface area contributed by atoms with Crippen molar-refractivity contribution in [2.45, 2.75) is 19.8 Å². The number of hydrogen-bond acceptors (Lipinski definition) is 4. The molecule has 0 aromatic heterocycles. The van der Waals surface area contributed by atoms with Gasteiger partial charge in [-0.05, 0) is 37.1 Å². The Balaban J connectivity index is 1.97. The van der Waals surface area contributed by atoms with Gasteiger partial charge in [-0.3, -0.25) is 4.79 Å². The van der Waals surface area contributed by atoms with Gasteiger partial charge in [-0.15, -0.1) is 0 Å². The van der Waals surface area contributed by atoms with Crippen LogP contribution in [0.3, 0.4) is 0 Å². The Morgan fingerprint density at radius 3 is 2.46 bits per heavy atom. The Bertz CT molecular complexity index is 685. The number of hydrogen-bond donors (Lipinski definition) is 1. The normalized spacial score (nSPS) is 10.1. The van der Waals surface area contributed by atoms with E-state index < -0.39 is 0 Å². The number of carbonyl (C=O) groups excluding carboxylic acids is 1. The van der Waals surface area contributed by atoms with E-state index in [9.17, 15) is 4.79 Å². The zero-order chi connectivity index (χ0) is 17.4. The highest BCUT2D eigenvalue weighted by Gasteiger charge is 2.09. The van der Waals surface area contributed by atoms with E-state index in [1.165, 1.54) is 0 Å². The van der Waals surface area contributed by atoms with Gasteiger partial charge < -0.3 is 19.5 Å². The second kappa shape index (κ2) is 8.82. The molecular formula is C19H23NO4. The lowest BCUT2D eigenvalue weighted by Gasteiger charge is -2.12. The van der Waals surface area contributed by atoms with Gasteiger partial charge in [-0.2, -0.15) is 0 Å². The molecule has 5 nitrogen and oxygen atoms in total. The molecule has 128 valence electrons. The van der Waals surface area contributed by atoms with E-state index in [-0.39, 0.29) is 5.91 Å². The summed E-state index contributed by atoms with van der Waals surface area (Å²) in [5, 5.41) is 2.88. The largest absolute Gasteiger partial charge is 0.496 e. The maximum absolute atomic E-state index is 12.2. The van der Waals surface area contributed by atoms with Gasteiger partial charge in [-0.1, -0.05) is 18.2 Å². The lowest BCUT2D eigenvalue weighted by molar-refractivity contribution is -0.116. The summed E-state index contributed by atoms with van der Waals surface area (Å²) in [6, 6.07) is 13.1. The zero-order valence-corrected chi connectivity index (χ0v) is 14.3. The molecule has 0 bridgehead atoms. The monoisotopic (exact) mass is 329 g/mol. The van der Waals surface area contributed by atoms with Crippen molar-refractivity contribution in [1.29, 1.82) is 0 Å². The predicted molar refractivity (Wildman–Crippen MR) is 94.1 cm³/mol. The SMILES string of the molecule is CCOc1ccc(NC(=O)CCc2ccccc2OC)cc1OC. The summed E-state index contributed by atoms with van der Waals surface area (Å²) in [6.07, 6.45) is 0.986. The van der Waals surface area contributed by atoms with E-state index in [4.69, 9.17) is 14.2 Å². The number of carbonyl (C=O) groups is 1. The van der Waals surface area contributed by atoms with Gasteiger partial charge in [0.2, 0.25) is 5.91 Å². The van der Waals surface area contributed by atoms with Gasteiger partial charge in [0.1, 0.15) is 5.75 Å². The summed E-state index contributed by atoms with van der Waals surface area (Å²) in [6.45, 7) is 2.47. The maximum atomic E-state index is 12.2. The Kier molecular flexibility index (Phi) is 6.49. The topological polar surface area (TPSA) is 56.8 Å². The molecular weight excluding hydrogens is 306 g/mol. The van der Waals surface area contributed by atoms with Crippen LogP contribution >= 0.6 is 0 Å². The van der Waals surface area contributed by atoms with Gasteiger partial charge >= 0.3 is 0 Å². The number of aryl methyl sites for hydroxylation is 1. The fourth-order valence-electron chi connectivity index (χ4n) is 2.40. The van der Waals surface area contributed by atoms with Crippen molar-refractivity contribution in [3.05, 3.63) is 48.0 Å². The first-order valence-electron chi connectivity index (χ1n) is 7.90. The second-order valence-corrected chi connectivity index (χ2v) is 5.16. The molecule has 0 heterocycles. The van der Waals surface area contributed by atoms with Crippen LogP contribution in [0.4, 0.5) is 5.69 Å². The molecule has 0 unspecified atom stereocenters. The molecule has 1 N–H and O–H groups in total. The molecule has 0 spiro atoms. The van der Waals surface area contributed by atoms with E-state index in [0.717, 1.165) is 11.3 Å². The molecule has 2 rings (SSSR count). The Labute approximate surface area is 142 Å². The summed E-state index contributed by atoms with van der Waals surface area (Å²) in [5.74, 6) is 1.99. The molecule has 24 heavy (non-hydrogen) atoms. The molecule has 1 amide bonds. The van der Waals surface area contributed by atoms with Crippen molar-refractivity contribution in [2.75, 3.05) is 26.1 Å². The third kappa shape index (κ3) is 4.65. The first-order chi connectivity index (χ1) is 11.7. The Hall–Kier alpha value is -2.69. The van der Waals surface area contributed by atoms with Crippen molar-refractivity contribution in [3.8, 4) is 17.2 Å². The number of amides is 1. The summed E-state index contributed by atoms with van der Waals surface area (Å²) in [7, 11) is 3.20. The number of benzene rings is 2. The highest BCUT2D eigenvalue weighted by Crippen LogP contribution is 2.30. The van der Waals surface area contributed by atoms with E-state index in [0.29, 0.717) is 36.6 Å². The number of ether oxygens (including phenoxy) is 3. The molecule has 0 radical (unpaired) electrons. The van der Waals surface area contributed by atoms with Crippen LogP contribution in [0.15, 0.2) is 42.5 Å². The van der Waals surface area contributed by atoms with E-state index in [2.05, 4.69) is 5.32 Å². The minimum absolute atomic E-state index is 0.0629. The van der Waals surface area contributed by atoms with Crippen LogP contribution < -0.4 is 19.5 Å². The molecule has 0 saturated heterocycles. The van der Waals surface area contributed by atoms with Gasteiger partial charge in [0, 0.05) is 18.2 Å². The van der Waals surface area contributed by atoms with E-state index >= 15 is 0 Å². The molecule has 0 aliphatic rings. The van der Waals surface area contributed by atoms with Crippen LogP contribution in [0.5, 0.6) is 17.2 Å². The van der Waals surface area contributed by atoms with Crippen molar-refractivity contribution in [3.63, 3.8) is 0 Å². The number of methoxy groups -OCH3 is 2. The second-order valence-electron chi connectivity index (χ2n) is 5.16. The average Bonchev–Trinajstić information content (AvgIpc) is 2.61. The quantitative estimate of drug-likeness (QED) is 0.803. The molecule has 0 atom stereocenters. The smallest absolute Gasteiger partial charge is 0.224 e. The molecule has 0 fully saturated rings. The third-order valence-electron chi connectivity index (χ3n) is 3.56. The van der Waals surface area contributed by atoms with Gasteiger partial charge in [0.25, 0.3) is 0 Å². The average molecular weight is 329 g/mol. The van der Waals surface area contributed by atoms with Gasteiger partial charge in [0.05, 0.1) is 20.8 Å². The van der Waals surface area contributed by atoms with Gasteiger partial charge in [0.15, 0.2) is 11.5 Å². The van der Waals surface area contributed by atoms with Crippen LogP contribution in [0.2, 0.25) is 0 Å². The highest BCUT2D eigenvalue weighted by atomic mass is 16.5. The lowest BCUT2D eigenvalue weighted by atomic mass is 10.1. The van der Waals surface area contributed by atoms with Crippen LogP contribution in [0, 0.1) is 0 Å². The minimum atomic E-state index is -0.0629. The van der Waals surface area contributed by atoms with Crippen LogP contribution in [-0.2, 0) is 11.2 Å². The van der Waals surface area contributed by atoms with Crippen LogP contribution in [0.1, 0.15) is 18.9 Å². The highest BCUT2D eigenvalue weighted by molar-refractivity contribution is 5.91. The summed E-state index contributed by atoms with van der Waals surface area (Å²) >= 11 is 0. The molecule has 0 aliphatic heterocycles. The Morgan fingerprint density at radius 2 is 1.75 bits per heavy atom. The number of rotatable bonds is 8. The van der Waals surface area contributed by atoms with Crippen LogP contribution in [0.25, 0.3) is 0 Å². The minimum Gasteiger partial charge on any atom is -0.496 e. The molecule has 2 aromatic rings. The van der Waals surface area contributed by atoms with Gasteiger partial charge in [-0.25, -0.2) is 0 Å². The zero-order valence-electron chi connectivity index (χ0n) is 14.3. The first-order valence-corrected chi connectivity index (χ1v) is 7.90. The van der Waals surface area contributed by atoms with Crippen molar-refractivity contribution in [2.24, 2.45) is 0 Å². The number of nitrogens with one attached hydrogen (secondary N) is 1. The van der Waals surface area contributed by atoms with E-state index in [1.54, 1.807) is 32.4 Å². The molecule has 0 saturated carbocycles. The van der Waals surface area contributed by atoms with Crippen molar-refractivity contribution >= 4 is 11.6 Å². The van der Waals surface area contributed by atoms with Crippen LogP contribution in [-0.4, -0.2) is 26.7 Å². The first kappa shape index (κ1) is 17.7. The number of anilines is 1. The summed E-state index contributed by atoms with van der Waals surface area (Å²) in [5.41, 5.74) is 1.69. The number of para-hydroxylation sites is 1. The standard InChI is InChI=1S/C19H23NO4/c1-4-24-17-11-10-15(13-18(17)23-3)20-19(21)12-9-14-7-5-6-8-16(14)22-2/h5-8,10-11,13H,4,9,12H2,1-3H3,(H,20,21). The maximum Gasteiger partial charge on any atom is 0.224 e. The lowest BCUT2D eigenvalue weighted by Crippen LogP contribution is -2.12. The third-order valence-corrected chi connectivity index (χ3v) is 3.56. The Morgan fingerprint density at radius 1 is 1.00 bits per heavy atom. The summed E-state index contributed by atoms with van der Waals surface area (Å²) in [4.78, 5) is 12.2. The summed E-state index contributed by atoms with van der Waals surface area (Å²) < 4.78 is 16.1. The van der Waals surface area contributed by atoms with E-state index in [1.807, 2.05) is 31.2 Å². The van der Waals surface area contributed by atoms with Crippen molar-refractivity contribution in [1.82, 2.24) is 0 Å². The predicted octanol–water partition coefficient (Wildman–Crippen LogP) is 3.67. The molecule has 2 aromatic carbocycles. The fraction of sp³-hybridized carbons (Fsp3) is 0.316. The van der Waals surface area contributed by atoms with Crippen molar-refractivity contribution < 1.29 is 19.0 Å².